The summed E-state index contributed by atoms with van der Waals surface area (Å²) in [5.74, 6) is 0.0761. The van der Waals surface area contributed by atoms with Gasteiger partial charge in [0.2, 0.25) is 5.75 Å². The molecule has 0 saturated carbocycles. The zero-order valence-corrected chi connectivity index (χ0v) is 17.4. The van der Waals surface area contributed by atoms with Crippen LogP contribution in [0.5, 0.6) is 11.5 Å². The molecule has 3 aromatic carbocycles. The summed E-state index contributed by atoms with van der Waals surface area (Å²) in [5.41, 5.74) is 0.482. The largest absolute Gasteiger partial charge is 0.450 e. The number of hydrazone groups is 1. The first-order chi connectivity index (χ1) is 15.2. The van der Waals surface area contributed by atoms with Gasteiger partial charge in [-0.15, -0.1) is 0 Å². The third-order valence-electron chi connectivity index (χ3n) is 4.18. The van der Waals surface area contributed by atoms with E-state index in [2.05, 4.69) is 9.93 Å². The van der Waals surface area contributed by atoms with Gasteiger partial charge >= 0.3 is 5.69 Å². The highest BCUT2D eigenvalue weighted by atomic mass is 32.2. The van der Waals surface area contributed by atoms with Gasteiger partial charge in [-0.25, -0.2) is 4.83 Å². The fourth-order valence-electron chi connectivity index (χ4n) is 2.54. The predicted molar refractivity (Wildman–Crippen MR) is 115 cm³/mol. The van der Waals surface area contributed by atoms with Gasteiger partial charge in [-0.2, -0.15) is 13.5 Å². The van der Waals surface area contributed by atoms with E-state index in [4.69, 9.17) is 4.74 Å². The van der Waals surface area contributed by atoms with Crippen LogP contribution in [0.4, 0.5) is 11.4 Å². The normalized spacial score (nSPS) is 11.3. The summed E-state index contributed by atoms with van der Waals surface area (Å²) < 4.78 is 29.9. The van der Waals surface area contributed by atoms with Crippen LogP contribution >= 0.6 is 0 Å². The average molecular weight is 456 g/mol. The lowest BCUT2D eigenvalue weighted by Gasteiger charge is -2.06. The molecule has 0 unspecified atom stereocenters. The third-order valence-corrected chi connectivity index (χ3v) is 5.41. The average Bonchev–Trinajstić information content (AvgIpc) is 2.75. The Morgan fingerprint density at radius 2 is 1.59 bits per heavy atom. The van der Waals surface area contributed by atoms with Crippen molar-refractivity contribution in [2.45, 2.75) is 11.8 Å². The van der Waals surface area contributed by atoms with Gasteiger partial charge in [-0.1, -0.05) is 17.7 Å². The van der Waals surface area contributed by atoms with Crippen molar-refractivity contribution in [3.63, 3.8) is 0 Å². The molecule has 0 bridgehead atoms. The van der Waals surface area contributed by atoms with Crippen LogP contribution in [0.3, 0.4) is 0 Å². The SMILES string of the molecule is Cc1ccc(S(=O)(=O)N/N=C\c2ccc(Oc3ccc([N+](=O)[O-])cc3[N+](=O)[O-])cc2)cc1. The Labute approximate surface area is 182 Å². The lowest BCUT2D eigenvalue weighted by molar-refractivity contribution is -0.394. The molecule has 0 aliphatic rings. The molecule has 1 N–H and O–H groups in total. The van der Waals surface area contributed by atoms with Gasteiger partial charge in [0.05, 0.1) is 27.0 Å². The van der Waals surface area contributed by atoms with Crippen LogP contribution in [-0.4, -0.2) is 24.5 Å². The van der Waals surface area contributed by atoms with Crippen LogP contribution in [0.15, 0.2) is 76.7 Å². The van der Waals surface area contributed by atoms with Crippen molar-refractivity contribution in [3.8, 4) is 11.5 Å². The molecule has 0 fully saturated rings. The molecular formula is C20H16N4O7S. The molecule has 0 aliphatic heterocycles. The molecule has 0 spiro atoms. The Kier molecular flexibility index (Phi) is 6.45. The smallest absolute Gasteiger partial charge is 0.318 e. The number of nitro benzene ring substituents is 2. The van der Waals surface area contributed by atoms with Crippen LogP contribution in [0.25, 0.3) is 0 Å². The van der Waals surface area contributed by atoms with Gasteiger partial charge < -0.3 is 4.74 Å². The number of sulfonamides is 1. The molecule has 0 atom stereocenters. The van der Waals surface area contributed by atoms with Gasteiger partial charge in [-0.05, 0) is 55.0 Å². The maximum atomic E-state index is 12.2. The van der Waals surface area contributed by atoms with Crippen molar-refractivity contribution >= 4 is 27.6 Å². The minimum atomic E-state index is -3.80. The molecule has 0 amide bonds. The van der Waals surface area contributed by atoms with Crippen molar-refractivity contribution in [2.75, 3.05) is 0 Å². The molecule has 32 heavy (non-hydrogen) atoms. The molecule has 3 rings (SSSR count). The highest BCUT2D eigenvalue weighted by Gasteiger charge is 2.21. The van der Waals surface area contributed by atoms with Crippen LogP contribution in [-0.2, 0) is 10.0 Å². The fourth-order valence-corrected chi connectivity index (χ4v) is 3.33. The molecule has 0 aliphatic carbocycles. The third kappa shape index (κ3) is 5.43. The number of nitrogens with zero attached hydrogens (tertiary/aromatic N) is 3. The lowest BCUT2D eigenvalue weighted by Crippen LogP contribution is -2.18. The minimum absolute atomic E-state index is 0.0775. The maximum Gasteiger partial charge on any atom is 0.318 e. The Balaban J connectivity index is 1.70. The quantitative estimate of drug-likeness (QED) is 0.306. The molecule has 0 aromatic heterocycles. The molecule has 164 valence electrons. The van der Waals surface area contributed by atoms with Gasteiger partial charge in [0.15, 0.2) is 0 Å². The van der Waals surface area contributed by atoms with Gasteiger partial charge in [-0.3, -0.25) is 20.2 Å². The van der Waals surface area contributed by atoms with E-state index in [0.29, 0.717) is 5.56 Å². The summed E-state index contributed by atoms with van der Waals surface area (Å²) >= 11 is 0. The minimum Gasteiger partial charge on any atom is -0.450 e. The summed E-state index contributed by atoms with van der Waals surface area (Å²) in [6.45, 7) is 1.84. The first kappa shape index (κ1) is 22.4. The molecule has 11 nitrogen and oxygen atoms in total. The standard InChI is InChI=1S/C20H16N4O7S/c1-14-2-9-18(10-3-14)32(29,30)22-21-13-15-4-7-17(8-5-15)31-20-11-6-16(23(25)26)12-19(20)24(27)28/h2-13,22H,1H3/b21-13-. The second-order valence-corrected chi connectivity index (χ2v) is 8.16. The number of ether oxygens (including phenoxy) is 1. The van der Waals surface area contributed by atoms with Crippen molar-refractivity contribution in [1.29, 1.82) is 0 Å². The molecule has 3 aromatic rings. The van der Waals surface area contributed by atoms with Gasteiger partial charge in [0.25, 0.3) is 15.7 Å². The number of benzene rings is 3. The number of nitro groups is 2. The van der Waals surface area contributed by atoms with Crippen molar-refractivity contribution in [2.24, 2.45) is 5.10 Å². The first-order valence-corrected chi connectivity index (χ1v) is 10.5. The number of aryl methyl sites for hydroxylation is 1. The van der Waals surface area contributed by atoms with E-state index in [1.165, 1.54) is 30.5 Å². The highest BCUT2D eigenvalue weighted by molar-refractivity contribution is 7.89. The van der Waals surface area contributed by atoms with Gasteiger partial charge in [0, 0.05) is 6.07 Å². The zero-order valence-electron chi connectivity index (χ0n) is 16.5. The van der Waals surface area contributed by atoms with Crippen molar-refractivity contribution < 1.29 is 23.0 Å². The van der Waals surface area contributed by atoms with E-state index >= 15 is 0 Å². The summed E-state index contributed by atoms with van der Waals surface area (Å²) in [6.07, 6.45) is 1.28. The topological polar surface area (TPSA) is 154 Å². The Morgan fingerprint density at radius 1 is 0.938 bits per heavy atom. The number of rotatable bonds is 8. The summed E-state index contributed by atoms with van der Waals surface area (Å²) in [4.78, 5) is 22.7. The predicted octanol–water partition coefficient (Wildman–Crippen LogP) is 3.92. The fraction of sp³-hybridized carbons (Fsp3) is 0.0500. The first-order valence-electron chi connectivity index (χ1n) is 8.98. The molecule has 0 heterocycles. The van der Waals surface area contributed by atoms with Crippen LogP contribution < -0.4 is 9.57 Å². The molecule has 0 saturated heterocycles. The molecular weight excluding hydrogens is 440 g/mol. The second kappa shape index (κ2) is 9.22. The van der Waals surface area contributed by atoms with E-state index in [-0.39, 0.29) is 16.4 Å². The highest BCUT2D eigenvalue weighted by Crippen LogP contribution is 2.34. The van der Waals surface area contributed by atoms with Crippen LogP contribution in [0.1, 0.15) is 11.1 Å². The van der Waals surface area contributed by atoms with E-state index in [1.807, 2.05) is 6.92 Å². The number of non-ortho nitro benzene ring substituents is 1. The van der Waals surface area contributed by atoms with E-state index in [0.717, 1.165) is 23.8 Å². The monoisotopic (exact) mass is 456 g/mol. The number of hydrogen-bond donors (Lipinski definition) is 1. The number of hydrogen-bond acceptors (Lipinski definition) is 8. The summed E-state index contributed by atoms with van der Waals surface area (Å²) in [7, 11) is -3.80. The maximum absolute atomic E-state index is 12.2. The van der Waals surface area contributed by atoms with Crippen LogP contribution in [0, 0.1) is 27.2 Å². The Morgan fingerprint density at radius 3 is 2.19 bits per heavy atom. The van der Waals surface area contributed by atoms with E-state index in [1.54, 1.807) is 24.3 Å². The van der Waals surface area contributed by atoms with E-state index < -0.39 is 31.2 Å². The second-order valence-electron chi connectivity index (χ2n) is 6.50. The van der Waals surface area contributed by atoms with Gasteiger partial charge in [0.1, 0.15) is 5.75 Å². The Hall–Kier alpha value is -4.32. The van der Waals surface area contributed by atoms with Crippen molar-refractivity contribution in [3.05, 3.63) is 98.1 Å². The lowest BCUT2D eigenvalue weighted by atomic mass is 10.2. The van der Waals surface area contributed by atoms with Crippen molar-refractivity contribution in [1.82, 2.24) is 4.83 Å². The van der Waals surface area contributed by atoms with Crippen LogP contribution in [0.2, 0.25) is 0 Å². The molecule has 0 radical (unpaired) electrons. The Bertz CT molecular complexity index is 1290. The summed E-state index contributed by atoms with van der Waals surface area (Å²) in [5, 5.41) is 25.7. The zero-order chi connectivity index (χ0) is 23.3. The molecule has 12 heteroatoms. The number of nitrogens with one attached hydrogen (secondary N) is 1. The van der Waals surface area contributed by atoms with E-state index in [9.17, 15) is 28.6 Å². The summed E-state index contributed by atoms with van der Waals surface area (Å²) in [6, 6.07) is 15.4.